The van der Waals surface area contributed by atoms with Crippen molar-refractivity contribution in [1.29, 1.82) is 0 Å². The van der Waals surface area contributed by atoms with E-state index in [1.165, 1.54) is 6.08 Å². The van der Waals surface area contributed by atoms with E-state index in [-0.39, 0.29) is 12.6 Å². The van der Waals surface area contributed by atoms with Gasteiger partial charge in [-0.15, -0.1) is 0 Å². The second-order valence-corrected chi connectivity index (χ2v) is 6.45. The maximum atomic E-state index is 12.5. The van der Waals surface area contributed by atoms with Gasteiger partial charge in [0.25, 0.3) is 5.91 Å². The van der Waals surface area contributed by atoms with Gasteiger partial charge in [-0.25, -0.2) is 9.69 Å². The number of cyclic esters (lactones) is 1. The molecule has 0 saturated carbocycles. The van der Waals surface area contributed by atoms with Crippen LogP contribution in [-0.2, 0) is 16.0 Å². The van der Waals surface area contributed by atoms with E-state index >= 15 is 0 Å². The van der Waals surface area contributed by atoms with Crippen molar-refractivity contribution in [1.82, 2.24) is 4.90 Å². The van der Waals surface area contributed by atoms with Crippen molar-refractivity contribution in [3.63, 3.8) is 0 Å². The predicted molar refractivity (Wildman–Crippen MR) is 97.6 cm³/mol. The van der Waals surface area contributed by atoms with Crippen molar-refractivity contribution in [3.05, 3.63) is 75.8 Å². The Morgan fingerprint density at radius 3 is 2.64 bits per heavy atom. The third kappa shape index (κ3) is 4.21. The Morgan fingerprint density at radius 2 is 1.92 bits per heavy atom. The van der Waals surface area contributed by atoms with Crippen molar-refractivity contribution in [2.75, 3.05) is 6.61 Å². The van der Waals surface area contributed by atoms with E-state index < -0.39 is 12.0 Å². The van der Waals surface area contributed by atoms with Crippen molar-refractivity contribution >= 4 is 41.3 Å². The summed E-state index contributed by atoms with van der Waals surface area (Å²) in [5.74, 6) is -0.422. The molecule has 3 rings (SSSR count). The fraction of sp³-hybridized carbons (Fsp3) is 0.158. The van der Waals surface area contributed by atoms with Crippen LogP contribution in [-0.4, -0.2) is 29.5 Å². The molecular weight excluding hydrogens is 361 g/mol. The largest absolute Gasteiger partial charge is 0.447 e. The molecule has 0 spiro atoms. The molecule has 1 heterocycles. The molecule has 2 aromatic carbocycles. The lowest BCUT2D eigenvalue weighted by Gasteiger charge is -2.18. The zero-order valence-electron chi connectivity index (χ0n) is 13.2. The van der Waals surface area contributed by atoms with Crippen LogP contribution in [0.25, 0.3) is 6.08 Å². The second-order valence-electron chi connectivity index (χ2n) is 5.64. The van der Waals surface area contributed by atoms with Crippen molar-refractivity contribution < 1.29 is 14.3 Å². The summed E-state index contributed by atoms with van der Waals surface area (Å²) in [5, 5.41) is 0.843. The lowest BCUT2D eigenvalue weighted by molar-refractivity contribution is -0.124. The first-order chi connectivity index (χ1) is 12.0. The van der Waals surface area contributed by atoms with Crippen molar-refractivity contribution in [2.24, 2.45) is 0 Å². The van der Waals surface area contributed by atoms with Gasteiger partial charge in [0.15, 0.2) is 0 Å². The van der Waals surface area contributed by atoms with E-state index in [1.807, 2.05) is 30.3 Å². The van der Waals surface area contributed by atoms with Gasteiger partial charge in [0, 0.05) is 6.08 Å². The molecule has 1 aliphatic heterocycles. The minimum atomic E-state index is -0.621. The first-order valence-corrected chi connectivity index (χ1v) is 8.47. The van der Waals surface area contributed by atoms with Crippen LogP contribution in [0.1, 0.15) is 11.1 Å². The quantitative estimate of drug-likeness (QED) is 0.733. The van der Waals surface area contributed by atoms with Crippen LogP contribution in [0.15, 0.2) is 54.6 Å². The highest BCUT2D eigenvalue weighted by molar-refractivity contribution is 6.42. The lowest BCUT2D eigenvalue weighted by atomic mass is 10.1. The Morgan fingerprint density at radius 1 is 1.16 bits per heavy atom. The topological polar surface area (TPSA) is 46.6 Å². The lowest BCUT2D eigenvalue weighted by Crippen LogP contribution is -2.39. The minimum absolute atomic E-state index is 0.195. The smallest absolute Gasteiger partial charge is 0.417 e. The number of rotatable bonds is 4. The molecule has 0 N–H and O–H groups in total. The number of halogens is 2. The first kappa shape index (κ1) is 17.5. The summed E-state index contributed by atoms with van der Waals surface area (Å²) < 4.78 is 5.05. The number of hydrogen-bond acceptors (Lipinski definition) is 3. The highest BCUT2D eigenvalue weighted by Gasteiger charge is 2.36. The van der Waals surface area contributed by atoms with Crippen molar-refractivity contribution in [2.45, 2.75) is 12.5 Å². The Hall–Kier alpha value is -2.30. The van der Waals surface area contributed by atoms with Crippen LogP contribution in [0.3, 0.4) is 0 Å². The van der Waals surface area contributed by atoms with E-state index in [2.05, 4.69) is 0 Å². The molecule has 4 nitrogen and oxygen atoms in total. The first-order valence-electron chi connectivity index (χ1n) is 7.71. The molecule has 1 saturated heterocycles. The normalized spacial score (nSPS) is 17.1. The molecule has 1 aliphatic rings. The van der Waals surface area contributed by atoms with Gasteiger partial charge < -0.3 is 4.74 Å². The number of ether oxygens (including phenoxy) is 1. The molecule has 25 heavy (non-hydrogen) atoms. The summed E-state index contributed by atoms with van der Waals surface area (Å²) in [4.78, 5) is 25.6. The van der Waals surface area contributed by atoms with Gasteiger partial charge in [-0.2, -0.15) is 0 Å². The number of benzene rings is 2. The summed E-state index contributed by atoms with van der Waals surface area (Å²) in [7, 11) is 0. The fourth-order valence-corrected chi connectivity index (χ4v) is 2.94. The Kier molecular flexibility index (Phi) is 5.41. The van der Waals surface area contributed by atoms with E-state index in [0.29, 0.717) is 16.5 Å². The highest BCUT2D eigenvalue weighted by Crippen LogP contribution is 2.23. The number of hydrogen-bond donors (Lipinski definition) is 0. The summed E-state index contributed by atoms with van der Waals surface area (Å²) >= 11 is 11.8. The van der Waals surface area contributed by atoms with Gasteiger partial charge in [0.1, 0.15) is 6.61 Å². The zero-order chi connectivity index (χ0) is 17.8. The monoisotopic (exact) mass is 375 g/mol. The maximum Gasteiger partial charge on any atom is 0.417 e. The number of nitrogens with zero attached hydrogens (tertiary/aromatic N) is 1. The Bertz CT molecular complexity index is 821. The van der Waals surface area contributed by atoms with Crippen LogP contribution < -0.4 is 0 Å². The minimum Gasteiger partial charge on any atom is -0.447 e. The Balaban J connectivity index is 1.73. The molecule has 0 bridgehead atoms. The van der Waals surface area contributed by atoms with Gasteiger partial charge in [-0.05, 0) is 35.8 Å². The third-order valence-corrected chi connectivity index (χ3v) is 4.61. The van der Waals surface area contributed by atoms with Gasteiger partial charge in [0.05, 0.1) is 16.1 Å². The molecular formula is C19H15Cl2NO3. The summed E-state index contributed by atoms with van der Waals surface area (Å²) in [6, 6.07) is 14.4. The van der Waals surface area contributed by atoms with Crippen LogP contribution >= 0.6 is 23.2 Å². The van der Waals surface area contributed by atoms with E-state index in [0.717, 1.165) is 16.0 Å². The molecule has 2 aromatic rings. The van der Waals surface area contributed by atoms with E-state index in [4.69, 9.17) is 27.9 Å². The maximum absolute atomic E-state index is 12.5. The van der Waals surface area contributed by atoms with Crippen LogP contribution in [0.5, 0.6) is 0 Å². The standard InChI is InChI=1S/C19H15Cl2NO3/c20-16-8-6-14(11-17(16)21)7-9-18(23)22-15(12-25-19(22)24)10-13-4-2-1-3-5-13/h1-9,11,15H,10,12H2/t15-/m1/s1. The average Bonchev–Trinajstić information content (AvgIpc) is 2.97. The molecule has 6 heteroatoms. The van der Waals surface area contributed by atoms with E-state index in [1.54, 1.807) is 24.3 Å². The number of carbonyl (C=O) groups is 2. The molecule has 2 amide bonds. The molecule has 0 aromatic heterocycles. The molecule has 128 valence electrons. The van der Waals surface area contributed by atoms with Gasteiger partial charge in [0.2, 0.25) is 0 Å². The molecule has 1 atom stereocenters. The molecule has 1 fully saturated rings. The molecule has 0 radical (unpaired) electrons. The SMILES string of the molecule is O=C(C=Cc1ccc(Cl)c(Cl)c1)N1C(=O)OC[C@H]1Cc1ccccc1. The van der Waals surface area contributed by atoms with Gasteiger partial charge in [-0.3, -0.25) is 4.79 Å². The second kappa shape index (κ2) is 7.72. The fourth-order valence-electron chi connectivity index (χ4n) is 2.63. The van der Waals surface area contributed by atoms with Gasteiger partial charge in [-0.1, -0.05) is 59.6 Å². The number of amides is 2. The third-order valence-electron chi connectivity index (χ3n) is 3.87. The summed E-state index contributed by atoms with van der Waals surface area (Å²) in [6.45, 7) is 0.195. The van der Waals surface area contributed by atoms with Crippen molar-refractivity contribution in [3.8, 4) is 0 Å². The predicted octanol–water partition coefficient (Wildman–Crippen LogP) is 4.60. The highest BCUT2D eigenvalue weighted by atomic mass is 35.5. The average molecular weight is 376 g/mol. The van der Waals surface area contributed by atoms with Crippen LogP contribution in [0.4, 0.5) is 4.79 Å². The van der Waals surface area contributed by atoms with Crippen LogP contribution in [0.2, 0.25) is 10.0 Å². The van der Waals surface area contributed by atoms with Crippen LogP contribution in [0, 0.1) is 0 Å². The zero-order valence-corrected chi connectivity index (χ0v) is 14.7. The number of carbonyl (C=O) groups excluding carboxylic acids is 2. The Labute approximate surface area is 155 Å². The molecule has 0 unspecified atom stereocenters. The molecule has 0 aliphatic carbocycles. The number of imide groups is 1. The summed E-state index contributed by atoms with van der Waals surface area (Å²) in [6.07, 6.45) is 2.86. The summed E-state index contributed by atoms with van der Waals surface area (Å²) in [5.41, 5.74) is 1.76. The van der Waals surface area contributed by atoms with E-state index in [9.17, 15) is 9.59 Å². The van der Waals surface area contributed by atoms with Gasteiger partial charge >= 0.3 is 6.09 Å².